The van der Waals surface area contributed by atoms with Crippen LogP contribution >= 0.6 is 15.9 Å². The minimum atomic E-state index is -5.08. The van der Waals surface area contributed by atoms with E-state index in [-0.39, 0.29) is 15.4 Å². The third-order valence-electron chi connectivity index (χ3n) is 4.29. The maximum Gasteiger partial charge on any atom is 0.490 e. The summed E-state index contributed by atoms with van der Waals surface area (Å²) in [5, 5.41) is 15.3. The van der Waals surface area contributed by atoms with Gasteiger partial charge in [-0.2, -0.15) is 17.5 Å². The van der Waals surface area contributed by atoms with Gasteiger partial charge >= 0.3 is 12.1 Å². The number of carbonyl (C=O) groups is 1. The fourth-order valence-corrected chi connectivity index (χ4v) is 4.95. The van der Waals surface area contributed by atoms with Crippen LogP contribution in [0.1, 0.15) is 12.1 Å². The van der Waals surface area contributed by atoms with Crippen LogP contribution in [-0.2, 0) is 27.9 Å². The van der Waals surface area contributed by atoms with Gasteiger partial charge in [-0.1, -0.05) is 5.21 Å². The molecule has 0 bridgehead atoms. The van der Waals surface area contributed by atoms with Crippen molar-refractivity contribution in [1.29, 1.82) is 0 Å². The van der Waals surface area contributed by atoms with Crippen LogP contribution < -0.4 is 0 Å². The zero-order valence-electron chi connectivity index (χ0n) is 16.9. The number of benzene rings is 1. The molecule has 0 aliphatic carbocycles. The molecule has 2 heterocycles. The van der Waals surface area contributed by atoms with Crippen molar-refractivity contribution in [1.82, 2.24) is 24.2 Å². The monoisotopic (exact) mass is 545 g/mol. The third-order valence-corrected chi connectivity index (χ3v) is 6.85. The summed E-state index contributed by atoms with van der Waals surface area (Å²) in [6.07, 6.45) is -2.50. The molecule has 178 valence electrons. The van der Waals surface area contributed by atoms with Gasteiger partial charge in [0.15, 0.2) is 0 Å². The number of halogens is 5. The Morgan fingerprint density at radius 3 is 2.44 bits per heavy atom. The number of rotatable bonds is 6. The summed E-state index contributed by atoms with van der Waals surface area (Å²) in [5.74, 6) is -3.25. The molecule has 0 saturated carbocycles. The quantitative estimate of drug-likeness (QED) is 0.555. The first kappa shape index (κ1) is 26.2. The Morgan fingerprint density at radius 1 is 1.34 bits per heavy atom. The van der Waals surface area contributed by atoms with E-state index < -0.39 is 28.0 Å². The molecule has 1 aromatic heterocycles. The van der Waals surface area contributed by atoms with E-state index in [1.807, 2.05) is 25.2 Å². The molecule has 32 heavy (non-hydrogen) atoms. The maximum atomic E-state index is 13.4. The summed E-state index contributed by atoms with van der Waals surface area (Å²) in [6, 6.07) is 3.55. The summed E-state index contributed by atoms with van der Waals surface area (Å²) in [4.78, 5) is 11.0. The van der Waals surface area contributed by atoms with Crippen molar-refractivity contribution in [2.75, 3.05) is 20.6 Å². The average Bonchev–Trinajstić information content (AvgIpc) is 3.06. The Labute approximate surface area is 189 Å². The molecule has 0 amide bonds. The van der Waals surface area contributed by atoms with Gasteiger partial charge < -0.3 is 10.0 Å². The molecular formula is C17H20BrF4N5O4S. The van der Waals surface area contributed by atoms with E-state index in [9.17, 15) is 26.0 Å². The van der Waals surface area contributed by atoms with Gasteiger partial charge in [-0.15, -0.1) is 5.10 Å². The van der Waals surface area contributed by atoms with E-state index >= 15 is 0 Å². The SMILES string of the molecule is CN(C)Cc1cn(CC2CCN2S(=O)(=O)c2ccc(F)c(Br)c2)nn1.O=C(O)C(F)(F)F. The van der Waals surface area contributed by atoms with E-state index in [0.717, 1.165) is 18.2 Å². The number of carboxylic acids is 1. The Kier molecular flexibility index (Phi) is 8.36. The highest BCUT2D eigenvalue weighted by molar-refractivity contribution is 9.10. The summed E-state index contributed by atoms with van der Waals surface area (Å²) in [6.45, 7) is 1.57. The predicted octanol–water partition coefficient (Wildman–Crippen LogP) is 2.34. The van der Waals surface area contributed by atoms with Gasteiger partial charge in [0.25, 0.3) is 0 Å². The van der Waals surface area contributed by atoms with Gasteiger partial charge in [0.2, 0.25) is 10.0 Å². The van der Waals surface area contributed by atoms with Crippen LogP contribution in [0.15, 0.2) is 33.8 Å². The molecule has 1 saturated heterocycles. The van der Waals surface area contributed by atoms with Gasteiger partial charge in [0.1, 0.15) is 5.82 Å². The Morgan fingerprint density at radius 2 is 1.97 bits per heavy atom. The van der Waals surface area contributed by atoms with E-state index in [1.54, 1.807) is 4.68 Å². The molecular weight excluding hydrogens is 526 g/mol. The van der Waals surface area contributed by atoms with Crippen molar-refractivity contribution in [3.63, 3.8) is 0 Å². The van der Waals surface area contributed by atoms with Crippen molar-refractivity contribution in [3.8, 4) is 0 Å². The molecule has 9 nitrogen and oxygen atoms in total. The van der Waals surface area contributed by atoms with Crippen LogP contribution in [0.5, 0.6) is 0 Å². The minimum Gasteiger partial charge on any atom is -0.475 e. The van der Waals surface area contributed by atoms with Crippen molar-refractivity contribution in [2.45, 2.75) is 36.6 Å². The predicted molar refractivity (Wildman–Crippen MR) is 108 cm³/mol. The van der Waals surface area contributed by atoms with Gasteiger partial charge in [0, 0.05) is 25.3 Å². The second kappa shape index (κ2) is 10.2. The van der Waals surface area contributed by atoms with E-state index in [1.165, 1.54) is 16.4 Å². The molecule has 1 atom stereocenters. The highest BCUT2D eigenvalue weighted by Gasteiger charge is 2.39. The smallest absolute Gasteiger partial charge is 0.475 e. The lowest BCUT2D eigenvalue weighted by atomic mass is 10.1. The zero-order valence-corrected chi connectivity index (χ0v) is 19.3. The molecule has 3 rings (SSSR count). The molecule has 1 unspecified atom stereocenters. The second-order valence-electron chi connectivity index (χ2n) is 7.11. The normalized spacial score (nSPS) is 16.9. The van der Waals surface area contributed by atoms with Crippen LogP contribution in [-0.4, -0.2) is 76.6 Å². The lowest BCUT2D eigenvalue weighted by Crippen LogP contribution is -2.52. The van der Waals surface area contributed by atoms with Crippen LogP contribution in [0.4, 0.5) is 17.6 Å². The Bertz CT molecular complexity index is 1060. The highest BCUT2D eigenvalue weighted by Crippen LogP contribution is 2.30. The van der Waals surface area contributed by atoms with Gasteiger partial charge in [-0.25, -0.2) is 17.6 Å². The molecule has 1 aliphatic heterocycles. The lowest BCUT2D eigenvalue weighted by Gasteiger charge is -2.39. The lowest BCUT2D eigenvalue weighted by molar-refractivity contribution is -0.192. The zero-order chi connectivity index (χ0) is 24.3. The standard InChI is InChI=1S/C15H19BrFN5O2S.C2HF3O2/c1-20(2)8-11-9-21(19-18-11)10-12-5-6-22(12)25(23,24)13-3-4-15(17)14(16)7-13;3-2(4,5)1(6)7/h3-4,7,9,12H,5-6,8,10H2,1-2H3;(H,6,7). The number of aliphatic carboxylic acids is 1. The fraction of sp³-hybridized carbons (Fsp3) is 0.471. The first-order chi connectivity index (χ1) is 14.7. The molecule has 0 spiro atoms. The molecule has 0 radical (unpaired) electrons. The summed E-state index contributed by atoms with van der Waals surface area (Å²) in [5.41, 5.74) is 0.834. The molecule has 2 aromatic rings. The average molecular weight is 546 g/mol. The third kappa shape index (κ3) is 6.70. The first-order valence-corrected chi connectivity index (χ1v) is 11.3. The number of hydrogen-bond donors (Lipinski definition) is 1. The van der Waals surface area contributed by atoms with Crippen molar-refractivity contribution in [3.05, 3.63) is 40.4 Å². The number of sulfonamides is 1. The summed E-state index contributed by atoms with van der Waals surface area (Å²) >= 11 is 3.03. The van der Waals surface area contributed by atoms with E-state index in [2.05, 4.69) is 26.2 Å². The molecule has 1 aliphatic rings. The molecule has 1 aromatic carbocycles. The topological polar surface area (TPSA) is 109 Å². The summed E-state index contributed by atoms with van der Waals surface area (Å²) in [7, 11) is 0.233. The van der Waals surface area contributed by atoms with Crippen molar-refractivity contribution in [2.24, 2.45) is 0 Å². The number of carboxylic acid groups (broad SMARTS) is 1. The minimum absolute atomic E-state index is 0.0809. The number of alkyl halides is 3. The van der Waals surface area contributed by atoms with Crippen LogP contribution in [0, 0.1) is 5.82 Å². The second-order valence-corrected chi connectivity index (χ2v) is 9.85. The number of aromatic nitrogens is 3. The highest BCUT2D eigenvalue weighted by atomic mass is 79.9. The number of nitrogens with zero attached hydrogens (tertiary/aromatic N) is 5. The number of hydrogen-bond acceptors (Lipinski definition) is 6. The molecule has 15 heteroatoms. The van der Waals surface area contributed by atoms with Gasteiger partial charge in [-0.3, -0.25) is 4.68 Å². The van der Waals surface area contributed by atoms with Crippen LogP contribution in [0.25, 0.3) is 0 Å². The Balaban J connectivity index is 0.000000451. The molecule has 1 N–H and O–H groups in total. The largest absolute Gasteiger partial charge is 0.490 e. The van der Waals surface area contributed by atoms with Gasteiger partial charge in [0.05, 0.1) is 21.6 Å². The van der Waals surface area contributed by atoms with E-state index in [0.29, 0.717) is 19.6 Å². The van der Waals surface area contributed by atoms with E-state index in [4.69, 9.17) is 9.90 Å². The molecule has 1 fully saturated rings. The van der Waals surface area contributed by atoms with Crippen molar-refractivity contribution >= 4 is 31.9 Å². The van der Waals surface area contributed by atoms with Gasteiger partial charge in [-0.05, 0) is 54.6 Å². The van der Waals surface area contributed by atoms with Crippen LogP contribution in [0.3, 0.4) is 0 Å². The fourth-order valence-electron chi connectivity index (χ4n) is 2.73. The first-order valence-electron chi connectivity index (χ1n) is 9.02. The van der Waals surface area contributed by atoms with Crippen LogP contribution in [0.2, 0.25) is 0 Å². The summed E-state index contributed by atoms with van der Waals surface area (Å²) < 4.78 is 73.9. The Hall–Kier alpha value is -2.10. The van der Waals surface area contributed by atoms with Crippen molar-refractivity contribution < 1.29 is 35.9 Å². The maximum absolute atomic E-state index is 13.4.